The van der Waals surface area contributed by atoms with Gasteiger partial charge in [0, 0.05) is 16.0 Å². The number of thiazole rings is 1. The molecule has 0 bridgehead atoms. The van der Waals surface area contributed by atoms with Crippen molar-refractivity contribution in [3.8, 4) is 10.6 Å². The van der Waals surface area contributed by atoms with E-state index in [1.165, 1.54) is 29.5 Å². The molecule has 2 rings (SSSR count). The molecule has 0 aliphatic heterocycles. The molecule has 0 radical (unpaired) electrons. The fourth-order valence-electron chi connectivity index (χ4n) is 1.07. The van der Waals surface area contributed by atoms with Crippen LogP contribution in [0.5, 0.6) is 0 Å². The van der Waals surface area contributed by atoms with Gasteiger partial charge in [-0.2, -0.15) is 0 Å². The molecule has 0 amide bonds. The number of nitrogen functional groups attached to an aromatic ring is 1. The summed E-state index contributed by atoms with van der Waals surface area (Å²) < 4.78 is 13.3. The molecule has 0 unspecified atom stereocenters. The summed E-state index contributed by atoms with van der Waals surface area (Å²) >= 11 is 7.04. The first-order chi connectivity index (χ1) is 6.66. The Morgan fingerprint density at radius 3 is 2.86 bits per heavy atom. The quantitative estimate of drug-likeness (QED) is 0.814. The van der Waals surface area contributed by atoms with E-state index in [1.807, 2.05) is 0 Å². The molecule has 2 aromatic rings. The maximum absolute atomic E-state index is 13.3. The first kappa shape index (κ1) is 9.43. The third-order valence-electron chi connectivity index (χ3n) is 1.68. The molecule has 72 valence electrons. The number of hydrogen-bond donors (Lipinski definition) is 1. The van der Waals surface area contributed by atoms with Gasteiger partial charge in [-0.15, -0.1) is 11.3 Å². The van der Waals surface area contributed by atoms with Gasteiger partial charge < -0.3 is 5.73 Å². The van der Waals surface area contributed by atoms with Crippen LogP contribution >= 0.6 is 22.9 Å². The van der Waals surface area contributed by atoms with E-state index in [9.17, 15) is 4.39 Å². The molecule has 0 atom stereocenters. The molecule has 0 spiro atoms. The van der Waals surface area contributed by atoms with Crippen molar-refractivity contribution in [2.75, 3.05) is 5.73 Å². The van der Waals surface area contributed by atoms with Crippen LogP contribution in [0.25, 0.3) is 10.6 Å². The fourth-order valence-corrected chi connectivity index (χ4v) is 1.97. The maximum atomic E-state index is 13.3. The lowest BCUT2D eigenvalue weighted by Crippen LogP contribution is -1.86. The Labute approximate surface area is 89.2 Å². The number of halogens is 2. The van der Waals surface area contributed by atoms with Crippen molar-refractivity contribution in [3.05, 3.63) is 34.4 Å². The average Bonchev–Trinajstić information content (AvgIpc) is 2.56. The van der Waals surface area contributed by atoms with Crippen LogP contribution < -0.4 is 5.73 Å². The van der Waals surface area contributed by atoms with Crippen LogP contribution in [-0.4, -0.2) is 4.98 Å². The van der Waals surface area contributed by atoms with Crippen LogP contribution in [0.3, 0.4) is 0 Å². The lowest BCUT2D eigenvalue weighted by Gasteiger charge is -1.98. The van der Waals surface area contributed by atoms with Gasteiger partial charge in [0.25, 0.3) is 0 Å². The second kappa shape index (κ2) is 3.55. The molecule has 1 heterocycles. The highest BCUT2D eigenvalue weighted by Gasteiger charge is 2.09. The number of nitrogens with zero attached hydrogens (tertiary/aromatic N) is 1. The van der Waals surface area contributed by atoms with Crippen LogP contribution in [-0.2, 0) is 0 Å². The Morgan fingerprint density at radius 1 is 1.43 bits per heavy atom. The van der Waals surface area contributed by atoms with Crippen LogP contribution in [0.4, 0.5) is 10.2 Å². The number of rotatable bonds is 1. The van der Waals surface area contributed by atoms with Crippen molar-refractivity contribution in [2.45, 2.75) is 0 Å². The van der Waals surface area contributed by atoms with Crippen molar-refractivity contribution >= 4 is 28.8 Å². The Hall–Kier alpha value is -1.13. The molecule has 1 aromatic carbocycles. The Bertz CT molecular complexity index is 470. The zero-order chi connectivity index (χ0) is 10.1. The molecule has 1 aromatic heterocycles. The van der Waals surface area contributed by atoms with Gasteiger partial charge in [0.2, 0.25) is 0 Å². The van der Waals surface area contributed by atoms with E-state index < -0.39 is 0 Å². The molecule has 2 nitrogen and oxygen atoms in total. The summed E-state index contributed by atoms with van der Waals surface area (Å²) in [6.45, 7) is 0. The molecule has 0 fully saturated rings. The summed E-state index contributed by atoms with van der Waals surface area (Å²) in [4.78, 5) is 3.98. The molecular formula is C9H6ClFN2S. The molecule has 5 heteroatoms. The van der Waals surface area contributed by atoms with Crippen LogP contribution in [0, 0.1) is 5.82 Å². The van der Waals surface area contributed by atoms with Crippen molar-refractivity contribution in [1.82, 2.24) is 4.98 Å². The molecule has 2 N–H and O–H groups in total. The van der Waals surface area contributed by atoms with Gasteiger partial charge in [-0.1, -0.05) is 11.6 Å². The number of anilines is 1. The van der Waals surface area contributed by atoms with Crippen LogP contribution in [0.15, 0.2) is 23.6 Å². The van der Waals surface area contributed by atoms with Gasteiger partial charge in [-0.05, 0) is 18.2 Å². The molecule has 14 heavy (non-hydrogen) atoms. The summed E-state index contributed by atoms with van der Waals surface area (Å²) in [5, 5.41) is 2.69. The smallest absolute Gasteiger partial charge is 0.135 e. The molecule has 0 aliphatic carbocycles. The van der Waals surface area contributed by atoms with Crippen LogP contribution in [0.1, 0.15) is 0 Å². The lowest BCUT2D eigenvalue weighted by molar-refractivity contribution is 0.631. The second-order valence-electron chi connectivity index (χ2n) is 2.70. The van der Waals surface area contributed by atoms with Gasteiger partial charge in [-0.25, -0.2) is 9.37 Å². The van der Waals surface area contributed by atoms with Crippen molar-refractivity contribution < 1.29 is 4.39 Å². The van der Waals surface area contributed by atoms with Crippen LogP contribution in [0.2, 0.25) is 5.02 Å². The number of nitrogens with two attached hydrogens (primary N) is 1. The summed E-state index contributed by atoms with van der Waals surface area (Å²) in [5.74, 6) is 0.0492. The summed E-state index contributed by atoms with van der Waals surface area (Å²) in [7, 11) is 0. The van der Waals surface area contributed by atoms with Crippen molar-refractivity contribution in [2.24, 2.45) is 0 Å². The van der Waals surface area contributed by atoms with E-state index in [0.717, 1.165) is 0 Å². The van der Waals surface area contributed by atoms with Crippen molar-refractivity contribution in [3.63, 3.8) is 0 Å². The lowest BCUT2D eigenvalue weighted by atomic mass is 10.2. The van der Waals surface area contributed by atoms with Gasteiger partial charge >= 0.3 is 0 Å². The molecular weight excluding hydrogens is 223 g/mol. The normalized spacial score (nSPS) is 10.4. The minimum absolute atomic E-state index is 0.344. The zero-order valence-electron chi connectivity index (χ0n) is 7.00. The van der Waals surface area contributed by atoms with E-state index in [1.54, 1.807) is 5.38 Å². The first-order valence-corrected chi connectivity index (χ1v) is 5.09. The first-order valence-electron chi connectivity index (χ1n) is 3.83. The summed E-state index contributed by atoms with van der Waals surface area (Å²) in [5.41, 5.74) is 5.84. The third-order valence-corrected chi connectivity index (χ3v) is 2.81. The highest BCUT2D eigenvalue weighted by Crippen LogP contribution is 2.29. The second-order valence-corrected chi connectivity index (χ2v) is 4.00. The Balaban J connectivity index is 2.55. The van der Waals surface area contributed by atoms with Gasteiger partial charge in [0.1, 0.15) is 16.6 Å². The molecule has 0 saturated heterocycles. The molecule has 0 aliphatic rings. The third kappa shape index (κ3) is 1.71. The van der Waals surface area contributed by atoms with E-state index in [4.69, 9.17) is 17.3 Å². The van der Waals surface area contributed by atoms with Gasteiger partial charge in [0.15, 0.2) is 0 Å². The minimum atomic E-state index is -0.344. The number of hydrogen-bond acceptors (Lipinski definition) is 3. The monoisotopic (exact) mass is 228 g/mol. The van der Waals surface area contributed by atoms with E-state index >= 15 is 0 Å². The fraction of sp³-hybridized carbons (Fsp3) is 0. The topological polar surface area (TPSA) is 38.9 Å². The highest BCUT2D eigenvalue weighted by atomic mass is 35.5. The predicted octanol–water partition coefficient (Wildman–Crippen LogP) is 3.18. The minimum Gasteiger partial charge on any atom is -0.383 e. The van der Waals surface area contributed by atoms with E-state index in [-0.39, 0.29) is 5.82 Å². The number of benzene rings is 1. The van der Waals surface area contributed by atoms with Gasteiger partial charge in [-0.3, -0.25) is 0 Å². The summed E-state index contributed by atoms with van der Waals surface area (Å²) in [6.07, 6.45) is 0. The van der Waals surface area contributed by atoms with Gasteiger partial charge in [0.05, 0.1) is 0 Å². The maximum Gasteiger partial charge on any atom is 0.135 e. The molecule has 0 saturated carbocycles. The Morgan fingerprint density at radius 2 is 2.21 bits per heavy atom. The van der Waals surface area contributed by atoms with Crippen molar-refractivity contribution in [1.29, 1.82) is 0 Å². The Kier molecular flexibility index (Phi) is 2.39. The highest BCUT2D eigenvalue weighted by molar-refractivity contribution is 7.13. The van der Waals surface area contributed by atoms with E-state index in [2.05, 4.69) is 4.98 Å². The SMILES string of the molecule is Nc1csc(-c2cc(Cl)ccc2F)n1. The standard InChI is InChI=1S/C9H6ClFN2S/c10-5-1-2-7(11)6(3-5)9-13-8(12)4-14-9/h1-4H,12H2. The largest absolute Gasteiger partial charge is 0.383 e. The summed E-state index contributed by atoms with van der Waals surface area (Å²) in [6, 6.07) is 4.35. The average molecular weight is 229 g/mol. The van der Waals surface area contributed by atoms with E-state index in [0.29, 0.717) is 21.4 Å². The zero-order valence-corrected chi connectivity index (χ0v) is 8.57. The predicted molar refractivity (Wildman–Crippen MR) is 56.9 cm³/mol. The number of aromatic nitrogens is 1.